The van der Waals surface area contributed by atoms with Gasteiger partial charge in [-0.05, 0) is 50.7 Å². The van der Waals surface area contributed by atoms with Gasteiger partial charge in [0.2, 0.25) is 0 Å². The second-order valence-corrected chi connectivity index (χ2v) is 8.15. The van der Waals surface area contributed by atoms with Gasteiger partial charge in [-0.3, -0.25) is 0 Å². The smallest absolute Gasteiger partial charge is 0.0871 e. The zero-order valence-electron chi connectivity index (χ0n) is 17.4. The first-order chi connectivity index (χ1) is 13.2. The quantitative estimate of drug-likeness (QED) is 0.480. The van der Waals surface area contributed by atoms with Gasteiger partial charge < -0.3 is 10.6 Å². The molecule has 0 amide bonds. The molecule has 2 aromatic rings. The summed E-state index contributed by atoms with van der Waals surface area (Å²) in [5, 5.41) is 5.04. The van der Waals surface area contributed by atoms with Crippen LogP contribution in [0.15, 0.2) is 60.7 Å². The summed E-state index contributed by atoms with van der Waals surface area (Å²) >= 11 is 0. The van der Waals surface area contributed by atoms with Crippen molar-refractivity contribution in [3.05, 3.63) is 71.8 Å². The van der Waals surface area contributed by atoms with E-state index in [0.29, 0.717) is 12.1 Å². The average Bonchev–Trinajstić information content (AvgIpc) is 2.68. The molecule has 2 heteroatoms. The second-order valence-electron chi connectivity index (χ2n) is 8.15. The molecule has 27 heavy (non-hydrogen) atoms. The normalized spacial score (nSPS) is 13.4. The molecule has 2 rings (SSSR count). The van der Waals surface area contributed by atoms with E-state index >= 15 is 0 Å². The van der Waals surface area contributed by atoms with Crippen LogP contribution in [0.4, 0.5) is 0 Å². The molecule has 0 saturated carbocycles. The lowest BCUT2D eigenvalue weighted by atomic mass is 10.1. The van der Waals surface area contributed by atoms with Crippen molar-refractivity contribution in [2.24, 2.45) is 0 Å². The minimum Gasteiger partial charge on any atom is -0.344 e. The zero-order valence-corrected chi connectivity index (χ0v) is 17.4. The van der Waals surface area contributed by atoms with Crippen LogP contribution >= 0.6 is 0 Å². The Morgan fingerprint density at radius 1 is 0.556 bits per heavy atom. The fourth-order valence-corrected chi connectivity index (χ4v) is 3.76. The summed E-state index contributed by atoms with van der Waals surface area (Å²) in [6, 6.07) is 23.1. The highest BCUT2D eigenvalue weighted by molar-refractivity contribution is 5.15. The van der Waals surface area contributed by atoms with Crippen LogP contribution < -0.4 is 10.6 Å². The average molecular weight is 369 g/mol. The van der Waals surface area contributed by atoms with Crippen molar-refractivity contribution in [1.29, 1.82) is 0 Å². The zero-order chi connectivity index (χ0) is 19.2. The maximum absolute atomic E-state index is 2.52. The van der Waals surface area contributed by atoms with Crippen LogP contribution in [0, 0.1) is 0 Å². The standard InChI is InChI=1S/C25H38N2/c1-22(20-24-14-8-6-9-15-24)26-18-12-4-3-5-13-19-27-23(2)21-25-16-10-7-11-17-25/h6-11,14-17,22-23,26-27H,3-5,12-13,18-21H2,1-2H3/p+2/t22-,23-/m1/s1. The number of hydrogen-bond acceptors (Lipinski definition) is 0. The van der Waals surface area contributed by atoms with Crippen LogP contribution in [-0.4, -0.2) is 25.2 Å². The summed E-state index contributed by atoms with van der Waals surface area (Å²) in [7, 11) is 0. The fraction of sp³-hybridized carbons (Fsp3) is 0.520. The number of nitrogens with two attached hydrogens (primary N) is 2. The van der Waals surface area contributed by atoms with E-state index < -0.39 is 0 Å². The van der Waals surface area contributed by atoms with Gasteiger partial charge in [0.1, 0.15) is 0 Å². The van der Waals surface area contributed by atoms with Crippen LogP contribution in [-0.2, 0) is 12.8 Å². The van der Waals surface area contributed by atoms with E-state index in [1.807, 2.05) is 0 Å². The highest BCUT2D eigenvalue weighted by Gasteiger charge is 2.06. The van der Waals surface area contributed by atoms with Crippen molar-refractivity contribution in [3.63, 3.8) is 0 Å². The first-order valence-electron chi connectivity index (χ1n) is 11.0. The van der Waals surface area contributed by atoms with E-state index in [1.54, 1.807) is 0 Å². The molecular weight excluding hydrogens is 328 g/mol. The van der Waals surface area contributed by atoms with Gasteiger partial charge >= 0.3 is 0 Å². The molecule has 0 aliphatic heterocycles. The molecule has 0 aromatic heterocycles. The number of benzene rings is 2. The van der Waals surface area contributed by atoms with Crippen LogP contribution in [0.3, 0.4) is 0 Å². The third kappa shape index (κ3) is 10.3. The Kier molecular flexibility index (Phi) is 10.8. The van der Waals surface area contributed by atoms with E-state index in [-0.39, 0.29) is 0 Å². The van der Waals surface area contributed by atoms with Crippen LogP contribution in [0.25, 0.3) is 0 Å². The topological polar surface area (TPSA) is 33.2 Å². The first-order valence-corrected chi connectivity index (χ1v) is 11.0. The Labute approximate surface area is 166 Å². The van der Waals surface area contributed by atoms with Crippen molar-refractivity contribution in [3.8, 4) is 0 Å². The lowest BCUT2D eigenvalue weighted by Gasteiger charge is -2.11. The third-order valence-electron chi connectivity index (χ3n) is 5.35. The van der Waals surface area contributed by atoms with Crippen molar-refractivity contribution in [1.82, 2.24) is 0 Å². The number of unbranched alkanes of at least 4 members (excludes halogenated alkanes) is 4. The maximum Gasteiger partial charge on any atom is 0.0871 e. The van der Waals surface area contributed by atoms with Crippen LogP contribution in [0.2, 0.25) is 0 Å². The van der Waals surface area contributed by atoms with Gasteiger partial charge in [0.05, 0.1) is 25.2 Å². The Hall–Kier alpha value is -1.64. The molecule has 0 aliphatic rings. The third-order valence-corrected chi connectivity index (χ3v) is 5.35. The van der Waals surface area contributed by atoms with Gasteiger partial charge in [0.25, 0.3) is 0 Å². The van der Waals surface area contributed by atoms with Crippen molar-refractivity contribution >= 4 is 0 Å². The maximum atomic E-state index is 2.52. The summed E-state index contributed by atoms with van der Waals surface area (Å²) in [4.78, 5) is 0. The molecule has 2 atom stereocenters. The molecule has 0 unspecified atom stereocenters. The summed E-state index contributed by atoms with van der Waals surface area (Å²) in [6.07, 6.45) is 9.22. The van der Waals surface area contributed by atoms with Gasteiger partial charge in [-0.2, -0.15) is 0 Å². The van der Waals surface area contributed by atoms with E-state index in [2.05, 4.69) is 85.1 Å². The molecule has 0 bridgehead atoms. The van der Waals surface area contributed by atoms with E-state index in [0.717, 1.165) is 0 Å². The minimum absolute atomic E-state index is 0.688. The Morgan fingerprint density at radius 2 is 0.926 bits per heavy atom. The predicted molar refractivity (Wildman–Crippen MR) is 116 cm³/mol. The highest BCUT2D eigenvalue weighted by Crippen LogP contribution is 2.03. The van der Waals surface area contributed by atoms with Gasteiger partial charge in [-0.25, -0.2) is 0 Å². The van der Waals surface area contributed by atoms with E-state index in [4.69, 9.17) is 0 Å². The highest BCUT2D eigenvalue weighted by atomic mass is 14.9. The molecule has 0 spiro atoms. The Balaban J connectivity index is 1.39. The van der Waals surface area contributed by atoms with Crippen LogP contribution in [0.1, 0.15) is 57.1 Å². The second kappa shape index (κ2) is 13.5. The largest absolute Gasteiger partial charge is 0.344 e. The SMILES string of the molecule is C[C@H](Cc1ccccc1)[NH2+]CCCCCCC[NH2+][C@H](C)Cc1ccccc1. The minimum atomic E-state index is 0.688. The summed E-state index contributed by atoms with van der Waals surface area (Å²) < 4.78 is 0. The fourth-order valence-electron chi connectivity index (χ4n) is 3.76. The summed E-state index contributed by atoms with van der Waals surface area (Å²) in [6.45, 7) is 7.24. The Morgan fingerprint density at radius 3 is 1.33 bits per heavy atom. The number of rotatable bonds is 14. The molecule has 148 valence electrons. The molecule has 0 aliphatic carbocycles. The van der Waals surface area contributed by atoms with Gasteiger partial charge in [0.15, 0.2) is 0 Å². The molecular formula is C25H40N2+2. The van der Waals surface area contributed by atoms with Crippen LogP contribution in [0.5, 0.6) is 0 Å². The van der Waals surface area contributed by atoms with Crippen molar-refractivity contribution in [2.75, 3.05) is 13.1 Å². The van der Waals surface area contributed by atoms with Crippen molar-refractivity contribution in [2.45, 2.75) is 70.9 Å². The predicted octanol–water partition coefficient (Wildman–Crippen LogP) is 3.33. The molecule has 0 fully saturated rings. The Bertz CT molecular complexity index is 528. The lowest BCUT2D eigenvalue weighted by molar-refractivity contribution is -0.686. The monoisotopic (exact) mass is 368 g/mol. The first kappa shape index (κ1) is 21.7. The lowest BCUT2D eigenvalue weighted by Crippen LogP contribution is -2.89. The molecule has 0 radical (unpaired) electrons. The van der Waals surface area contributed by atoms with E-state index in [1.165, 1.54) is 69.2 Å². The van der Waals surface area contributed by atoms with Gasteiger partial charge in [-0.15, -0.1) is 0 Å². The summed E-state index contributed by atoms with van der Waals surface area (Å²) in [5.74, 6) is 0. The van der Waals surface area contributed by atoms with Gasteiger partial charge in [-0.1, -0.05) is 67.1 Å². The number of quaternary nitrogens is 2. The number of hydrogen-bond donors (Lipinski definition) is 2. The molecule has 4 N–H and O–H groups in total. The molecule has 2 nitrogen and oxygen atoms in total. The van der Waals surface area contributed by atoms with Crippen molar-refractivity contribution < 1.29 is 10.6 Å². The summed E-state index contributed by atoms with van der Waals surface area (Å²) in [5.41, 5.74) is 2.91. The molecule has 0 saturated heterocycles. The van der Waals surface area contributed by atoms with Gasteiger partial charge in [0, 0.05) is 12.8 Å². The molecule has 2 aromatic carbocycles. The van der Waals surface area contributed by atoms with E-state index in [9.17, 15) is 0 Å². The molecule has 0 heterocycles.